The summed E-state index contributed by atoms with van der Waals surface area (Å²) in [7, 11) is 0. The highest BCUT2D eigenvalue weighted by atomic mass is 16.3. The third-order valence-electron chi connectivity index (χ3n) is 5.40. The van der Waals surface area contributed by atoms with Crippen molar-refractivity contribution in [1.82, 2.24) is 10.9 Å². The molecule has 0 aromatic heterocycles. The second-order valence-electron chi connectivity index (χ2n) is 8.09. The van der Waals surface area contributed by atoms with Crippen LogP contribution in [0.3, 0.4) is 0 Å². The number of hydrazone groups is 2. The fourth-order valence-corrected chi connectivity index (χ4v) is 3.50. The number of amides is 2. The van der Waals surface area contributed by atoms with Crippen molar-refractivity contribution in [2.45, 2.75) is 6.42 Å². The number of nitrogens with one attached hydrogen (secondary N) is 2. The third kappa shape index (κ3) is 6.89. The van der Waals surface area contributed by atoms with E-state index in [2.05, 4.69) is 21.1 Å². The van der Waals surface area contributed by atoms with Gasteiger partial charge in [-0.25, -0.2) is 10.9 Å². The molecule has 0 fully saturated rings. The van der Waals surface area contributed by atoms with Gasteiger partial charge in [0.05, 0.1) is 12.4 Å². The number of hydrogen-bond donors (Lipinski definition) is 4. The standard InChI is InChI=1S/C29H24N4O4/c34-26-13-11-20(16-24(26)18-30-32-28(36)22-7-3-1-4-8-22)15-21-12-14-27(35)25(17-21)19-31-33-29(37)23-9-5-2-6-10-23/h1-14,16-19,34-35H,15H2,(H,32,36)(H,33,37)/b30-18-,31-19+. The lowest BCUT2D eigenvalue weighted by atomic mass is 10.0. The summed E-state index contributed by atoms with van der Waals surface area (Å²) >= 11 is 0. The summed E-state index contributed by atoms with van der Waals surface area (Å²) in [6.07, 6.45) is 3.25. The monoisotopic (exact) mass is 492 g/mol. The van der Waals surface area contributed by atoms with E-state index in [1.165, 1.54) is 12.4 Å². The van der Waals surface area contributed by atoms with Crippen molar-refractivity contribution in [3.05, 3.63) is 130 Å². The molecule has 0 aliphatic carbocycles. The molecule has 184 valence electrons. The zero-order valence-corrected chi connectivity index (χ0v) is 19.7. The Morgan fingerprint density at radius 1 is 0.622 bits per heavy atom. The molecule has 0 saturated carbocycles. The molecule has 37 heavy (non-hydrogen) atoms. The maximum Gasteiger partial charge on any atom is 0.271 e. The van der Waals surface area contributed by atoms with E-state index < -0.39 is 0 Å². The van der Waals surface area contributed by atoms with Crippen LogP contribution in [0.1, 0.15) is 43.0 Å². The Balaban J connectivity index is 1.41. The highest BCUT2D eigenvalue weighted by Crippen LogP contribution is 2.22. The Kier molecular flexibility index (Phi) is 8.03. The van der Waals surface area contributed by atoms with Crippen LogP contribution < -0.4 is 10.9 Å². The second-order valence-corrected chi connectivity index (χ2v) is 8.09. The number of carbonyl (C=O) groups is 2. The molecule has 4 N–H and O–H groups in total. The van der Waals surface area contributed by atoms with Crippen molar-refractivity contribution in [3.8, 4) is 11.5 Å². The van der Waals surface area contributed by atoms with Crippen LogP contribution in [0.4, 0.5) is 0 Å². The molecule has 0 heterocycles. The van der Waals surface area contributed by atoms with Crippen molar-refractivity contribution < 1.29 is 19.8 Å². The molecule has 4 aromatic carbocycles. The van der Waals surface area contributed by atoms with Gasteiger partial charge in [-0.1, -0.05) is 48.5 Å². The molecular weight excluding hydrogens is 468 g/mol. The number of phenols is 2. The number of phenolic OH excluding ortho intramolecular Hbond substituents is 2. The van der Waals surface area contributed by atoms with E-state index in [0.29, 0.717) is 28.7 Å². The lowest BCUT2D eigenvalue weighted by Gasteiger charge is -2.07. The summed E-state index contributed by atoms with van der Waals surface area (Å²) in [6.45, 7) is 0. The highest BCUT2D eigenvalue weighted by Gasteiger charge is 2.07. The van der Waals surface area contributed by atoms with Gasteiger partial charge < -0.3 is 10.2 Å². The van der Waals surface area contributed by atoms with Gasteiger partial charge in [-0.2, -0.15) is 10.2 Å². The van der Waals surface area contributed by atoms with Crippen molar-refractivity contribution in [1.29, 1.82) is 0 Å². The molecular formula is C29H24N4O4. The minimum absolute atomic E-state index is 0.0224. The smallest absolute Gasteiger partial charge is 0.271 e. The maximum atomic E-state index is 12.1. The molecule has 8 nitrogen and oxygen atoms in total. The molecule has 0 unspecified atom stereocenters. The van der Waals surface area contributed by atoms with Gasteiger partial charge in [0.1, 0.15) is 11.5 Å². The Morgan fingerprint density at radius 3 is 1.43 bits per heavy atom. The normalized spacial score (nSPS) is 11.0. The molecule has 0 bridgehead atoms. The van der Waals surface area contributed by atoms with Crippen LogP contribution in [0.25, 0.3) is 0 Å². The molecule has 0 aliphatic heterocycles. The minimum Gasteiger partial charge on any atom is -0.507 e. The van der Waals surface area contributed by atoms with E-state index in [0.717, 1.165) is 11.1 Å². The van der Waals surface area contributed by atoms with E-state index in [9.17, 15) is 19.8 Å². The van der Waals surface area contributed by atoms with Crippen molar-refractivity contribution in [2.75, 3.05) is 0 Å². The minimum atomic E-state index is -0.356. The number of carbonyl (C=O) groups excluding carboxylic acids is 2. The highest BCUT2D eigenvalue weighted by molar-refractivity contribution is 5.95. The van der Waals surface area contributed by atoms with Gasteiger partial charge in [0, 0.05) is 22.3 Å². The number of rotatable bonds is 8. The Bertz CT molecular complexity index is 1340. The van der Waals surface area contributed by atoms with Crippen LogP contribution in [0, 0.1) is 0 Å². The van der Waals surface area contributed by atoms with E-state index in [1.807, 2.05) is 12.1 Å². The molecule has 0 saturated heterocycles. The van der Waals surface area contributed by atoms with Gasteiger partial charge in [0.2, 0.25) is 0 Å². The molecule has 0 atom stereocenters. The van der Waals surface area contributed by atoms with Crippen LogP contribution in [0.15, 0.2) is 107 Å². The molecule has 0 radical (unpaired) electrons. The van der Waals surface area contributed by atoms with Crippen LogP contribution in [0.5, 0.6) is 11.5 Å². The van der Waals surface area contributed by atoms with Gasteiger partial charge in [-0.3, -0.25) is 9.59 Å². The van der Waals surface area contributed by atoms with E-state index in [-0.39, 0.29) is 23.3 Å². The van der Waals surface area contributed by atoms with Crippen LogP contribution in [-0.2, 0) is 6.42 Å². The summed E-state index contributed by atoms with van der Waals surface area (Å²) in [5.74, 6) is -0.667. The topological polar surface area (TPSA) is 123 Å². The first-order valence-corrected chi connectivity index (χ1v) is 11.4. The van der Waals surface area contributed by atoms with Crippen molar-refractivity contribution in [3.63, 3.8) is 0 Å². The Morgan fingerprint density at radius 2 is 1.03 bits per heavy atom. The third-order valence-corrected chi connectivity index (χ3v) is 5.40. The van der Waals surface area contributed by atoms with E-state index in [1.54, 1.807) is 84.9 Å². The Hall–Kier alpha value is -5.24. The number of aromatic hydroxyl groups is 2. The molecule has 0 spiro atoms. The van der Waals surface area contributed by atoms with Crippen LogP contribution in [-0.4, -0.2) is 34.5 Å². The predicted molar refractivity (Wildman–Crippen MR) is 142 cm³/mol. The zero-order chi connectivity index (χ0) is 26.0. The molecule has 8 heteroatoms. The summed E-state index contributed by atoms with van der Waals surface area (Å²) in [5, 5.41) is 28.3. The average Bonchev–Trinajstić information content (AvgIpc) is 2.93. The fourth-order valence-electron chi connectivity index (χ4n) is 3.50. The quantitative estimate of drug-likeness (QED) is 0.217. The number of nitrogens with zero attached hydrogens (tertiary/aromatic N) is 2. The predicted octanol–water partition coefficient (Wildman–Crippen LogP) is 4.22. The van der Waals surface area contributed by atoms with Gasteiger partial charge in [-0.05, 0) is 66.1 Å². The fraction of sp³-hybridized carbons (Fsp3) is 0.0345. The van der Waals surface area contributed by atoms with Crippen molar-refractivity contribution in [2.24, 2.45) is 10.2 Å². The second kappa shape index (κ2) is 11.9. The van der Waals surface area contributed by atoms with Gasteiger partial charge in [0.15, 0.2) is 0 Å². The molecule has 0 aliphatic rings. The van der Waals surface area contributed by atoms with Gasteiger partial charge in [0.25, 0.3) is 11.8 Å². The molecule has 4 rings (SSSR count). The number of hydrogen-bond acceptors (Lipinski definition) is 6. The summed E-state index contributed by atoms with van der Waals surface area (Å²) < 4.78 is 0. The van der Waals surface area contributed by atoms with Gasteiger partial charge in [-0.15, -0.1) is 0 Å². The summed E-state index contributed by atoms with van der Waals surface area (Å²) in [6, 6.07) is 27.5. The average molecular weight is 493 g/mol. The summed E-state index contributed by atoms with van der Waals surface area (Å²) in [5.41, 5.74) is 8.47. The maximum absolute atomic E-state index is 12.1. The number of benzene rings is 4. The molecule has 2 amide bonds. The van der Waals surface area contributed by atoms with Crippen LogP contribution in [0.2, 0.25) is 0 Å². The summed E-state index contributed by atoms with van der Waals surface area (Å²) in [4.78, 5) is 24.3. The van der Waals surface area contributed by atoms with E-state index >= 15 is 0 Å². The zero-order valence-electron chi connectivity index (χ0n) is 19.7. The first-order valence-electron chi connectivity index (χ1n) is 11.4. The SMILES string of the molecule is O=C(N/N=C\c1cc(Cc2ccc(O)c(/C=N/NC(=O)c3ccccc3)c2)ccc1O)c1ccccc1. The van der Waals surface area contributed by atoms with E-state index in [4.69, 9.17) is 0 Å². The lowest BCUT2D eigenvalue weighted by molar-refractivity contribution is 0.0947. The lowest BCUT2D eigenvalue weighted by Crippen LogP contribution is -2.17. The largest absolute Gasteiger partial charge is 0.507 e. The van der Waals surface area contributed by atoms with Gasteiger partial charge >= 0.3 is 0 Å². The first-order chi connectivity index (χ1) is 18.0. The first kappa shape index (κ1) is 24.9. The van der Waals surface area contributed by atoms with Crippen molar-refractivity contribution >= 4 is 24.2 Å². The molecule has 4 aromatic rings. The van der Waals surface area contributed by atoms with Crippen LogP contribution >= 0.6 is 0 Å². The Labute approximate surface area is 213 Å².